The van der Waals surface area contributed by atoms with Crippen molar-refractivity contribution in [2.24, 2.45) is 0 Å². The van der Waals surface area contributed by atoms with Crippen molar-refractivity contribution in [3.05, 3.63) is 42.0 Å². The first-order chi connectivity index (χ1) is 9.49. The molecular weight excluding hydrogens is 288 g/mol. The van der Waals surface area contributed by atoms with Crippen molar-refractivity contribution >= 4 is 28.1 Å². The Hall–Kier alpha value is -1.20. The number of rotatable bonds is 6. The monoisotopic (exact) mass is 310 g/mol. The normalized spacial score (nSPS) is 12.6. The Morgan fingerprint density at radius 2 is 1.95 bits per heavy atom. The molecule has 1 unspecified atom stereocenters. The van der Waals surface area contributed by atoms with Gasteiger partial charge in [0.25, 0.3) is 0 Å². The highest BCUT2D eigenvalue weighted by molar-refractivity contribution is 7.85. The van der Waals surface area contributed by atoms with E-state index in [1.165, 1.54) is 5.56 Å². The van der Waals surface area contributed by atoms with Crippen LogP contribution in [0.5, 0.6) is 0 Å². The van der Waals surface area contributed by atoms with Gasteiger partial charge in [-0.15, -0.1) is 0 Å². The molecule has 0 amide bonds. The average Bonchev–Trinajstić information content (AvgIpc) is 2.38. The highest BCUT2D eigenvalue weighted by Crippen LogP contribution is 2.08. The quantitative estimate of drug-likeness (QED) is 0.626. The minimum atomic E-state index is -0.978. The molecule has 1 aromatic rings. The van der Waals surface area contributed by atoms with E-state index < -0.39 is 10.8 Å². The zero-order chi connectivity index (χ0) is 15.0. The van der Waals surface area contributed by atoms with Gasteiger partial charge >= 0.3 is 0 Å². The van der Waals surface area contributed by atoms with E-state index in [0.29, 0.717) is 23.5 Å². The summed E-state index contributed by atoms with van der Waals surface area (Å²) in [4.78, 5) is 0.866. The molecule has 1 rings (SSSR count). The molecule has 20 heavy (non-hydrogen) atoms. The number of thiocarbonyl (C=S) groups is 1. The molecule has 0 heterocycles. The van der Waals surface area contributed by atoms with Gasteiger partial charge in [-0.25, -0.2) is 0 Å². The maximum atomic E-state index is 12.0. The third-order valence-corrected chi connectivity index (χ3v) is 4.05. The molecule has 0 fully saturated rings. The fraction of sp³-hybridized carbons (Fsp3) is 0.400. The summed E-state index contributed by atoms with van der Waals surface area (Å²) >= 11 is 5.10. The second-order valence-electron chi connectivity index (χ2n) is 4.81. The molecule has 0 spiro atoms. The van der Waals surface area contributed by atoms with Gasteiger partial charge < -0.3 is 10.6 Å². The fourth-order valence-electron chi connectivity index (χ4n) is 1.49. The Bertz CT molecular complexity index is 481. The lowest BCUT2D eigenvalue weighted by Crippen LogP contribution is -2.39. The van der Waals surface area contributed by atoms with Crippen LogP contribution in [0.3, 0.4) is 0 Å². The molecule has 0 radical (unpaired) electrons. The zero-order valence-corrected chi connectivity index (χ0v) is 13.8. The van der Waals surface area contributed by atoms with Crippen LogP contribution in [0.1, 0.15) is 19.4 Å². The zero-order valence-electron chi connectivity index (χ0n) is 12.2. The second kappa shape index (κ2) is 8.87. The van der Waals surface area contributed by atoms with Crippen molar-refractivity contribution in [3.63, 3.8) is 0 Å². The van der Waals surface area contributed by atoms with Crippen LogP contribution in [-0.4, -0.2) is 27.7 Å². The molecule has 0 aliphatic rings. The van der Waals surface area contributed by atoms with E-state index in [-0.39, 0.29) is 0 Å². The van der Waals surface area contributed by atoms with Crippen LogP contribution in [0.15, 0.2) is 41.3 Å². The van der Waals surface area contributed by atoms with Gasteiger partial charge in [-0.3, -0.25) is 4.21 Å². The Morgan fingerprint density at radius 1 is 1.30 bits per heavy atom. The summed E-state index contributed by atoms with van der Waals surface area (Å²) in [6.45, 7) is 6.74. The van der Waals surface area contributed by atoms with E-state index in [1.807, 2.05) is 57.2 Å². The SMILES string of the molecule is Cc1ccc(S(=O)C/C=C/CNC(=S)NC(C)C)cc1. The Morgan fingerprint density at radius 3 is 2.55 bits per heavy atom. The van der Waals surface area contributed by atoms with Crippen LogP contribution < -0.4 is 10.6 Å². The molecule has 0 bridgehead atoms. The van der Waals surface area contributed by atoms with Crippen molar-refractivity contribution in [3.8, 4) is 0 Å². The molecule has 0 saturated carbocycles. The number of benzene rings is 1. The van der Waals surface area contributed by atoms with Gasteiger partial charge in [0.2, 0.25) is 0 Å². The van der Waals surface area contributed by atoms with Crippen LogP contribution in [0.2, 0.25) is 0 Å². The van der Waals surface area contributed by atoms with Gasteiger partial charge in [0, 0.05) is 23.2 Å². The Kier molecular flexibility index (Phi) is 7.47. The van der Waals surface area contributed by atoms with Crippen LogP contribution in [0, 0.1) is 6.92 Å². The third-order valence-electron chi connectivity index (χ3n) is 2.50. The topological polar surface area (TPSA) is 41.1 Å². The molecule has 1 atom stereocenters. The third kappa shape index (κ3) is 6.82. The summed E-state index contributed by atoms with van der Waals surface area (Å²) in [5.74, 6) is 0.523. The fourth-order valence-corrected chi connectivity index (χ4v) is 2.75. The average molecular weight is 310 g/mol. The largest absolute Gasteiger partial charge is 0.361 e. The minimum absolute atomic E-state index is 0.327. The van der Waals surface area contributed by atoms with E-state index in [9.17, 15) is 4.21 Å². The van der Waals surface area contributed by atoms with Crippen LogP contribution >= 0.6 is 12.2 Å². The highest BCUT2D eigenvalue weighted by Gasteiger charge is 2.00. The lowest BCUT2D eigenvalue weighted by molar-refractivity contribution is 0.685. The van der Waals surface area contributed by atoms with Gasteiger partial charge in [0.1, 0.15) is 0 Å². The number of nitrogens with one attached hydrogen (secondary N) is 2. The molecule has 1 aromatic carbocycles. The van der Waals surface area contributed by atoms with Gasteiger partial charge in [-0.2, -0.15) is 0 Å². The lowest BCUT2D eigenvalue weighted by Gasteiger charge is -2.11. The number of hydrogen-bond donors (Lipinski definition) is 2. The molecule has 2 N–H and O–H groups in total. The minimum Gasteiger partial charge on any atom is -0.361 e. The maximum absolute atomic E-state index is 12.0. The summed E-state index contributed by atoms with van der Waals surface area (Å²) < 4.78 is 12.0. The lowest BCUT2D eigenvalue weighted by atomic mass is 10.2. The first kappa shape index (κ1) is 16.9. The van der Waals surface area contributed by atoms with Crippen LogP contribution in [0.25, 0.3) is 0 Å². The highest BCUT2D eigenvalue weighted by atomic mass is 32.2. The van der Waals surface area contributed by atoms with Crippen molar-refractivity contribution in [1.82, 2.24) is 10.6 Å². The Labute approximate surface area is 129 Å². The van der Waals surface area contributed by atoms with Crippen molar-refractivity contribution in [2.75, 3.05) is 12.3 Å². The first-order valence-corrected chi connectivity index (χ1v) is 8.36. The molecule has 0 aromatic heterocycles. The standard InChI is InChI=1S/C15H22N2OS2/c1-12(2)17-15(19)16-10-4-5-11-20(18)14-8-6-13(3)7-9-14/h4-9,12H,10-11H2,1-3H3,(H2,16,17,19)/b5-4+. The molecule has 0 saturated heterocycles. The molecule has 110 valence electrons. The molecule has 0 aliphatic heterocycles. The summed E-state index contributed by atoms with van der Waals surface area (Å²) in [6.07, 6.45) is 3.86. The first-order valence-electron chi connectivity index (χ1n) is 6.63. The van der Waals surface area contributed by atoms with Crippen molar-refractivity contribution in [2.45, 2.75) is 31.7 Å². The van der Waals surface area contributed by atoms with Gasteiger partial charge in [0.15, 0.2) is 5.11 Å². The predicted octanol–water partition coefficient (Wildman–Crippen LogP) is 2.53. The summed E-state index contributed by atoms with van der Waals surface area (Å²) in [5, 5.41) is 6.81. The molecule has 5 heteroatoms. The van der Waals surface area contributed by atoms with E-state index >= 15 is 0 Å². The van der Waals surface area contributed by atoms with E-state index in [1.54, 1.807) is 0 Å². The van der Waals surface area contributed by atoms with Gasteiger partial charge in [-0.1, -0.05) is 29.8 Å². The van der Waals surface area contributed by atoms with E-state index in [0.717, 1.165) is 4.90 Å². The van der Waals surface area contributed by atoms with Crippen LogP contribution in [-0.2, 0) is 10.8 Å². The summed E-state index contributed by atoms with van der Waals surface area (Å²) in [5.41, 5.74) is 1.18. The van der Waals surface area contributed by atoms with Crippen LogP contribution in [0.4, 0.5) is 0 Å². The molecule has 3 nitrogen and oxygen atoms in total. The van der Waals surface area contributed by atoms with Crippen molar-refractivity contribution in [1.29, 1.82) is 0 Å². The number of hydrogen-bond acceptors (Lipinski definition) is 2. The Balaban J connectivity index is 2.29. The second-order valence-corrected chi connectivity index (χ2v) is 6.71. The number of aryl methyl sites for hydroxylation is 1. The van der Waals surface area contributed by atoms with Gasteiger partial charge in [-0.05, 0) is 45.1 Å². The van der Waals surface area contributed by atoms with Gasteiger partial charge in [0.05, 0.1) is 10.8 Å². The van der Waals surface area contributed by atoms with E-state index in [4.69, 9.17) is 12.2 Å². The predicted molar refractivity (Wildman–Crippen MR) is 90.5 cm³/mol. The molecule has 0 aliphatic carbocycles. The maximum Gasteiger partial charge on any atom is 0.166 e. The summed E-state index contributed by atoms with van der Waals surface area (Å²) in [6, 6.07) is 8.12. The van der Waals surface area contributed by atoms with Crippen molar-refractivity contribution < 1.29 is 4.21 Å². The smallest absolute Gasteiger partial charge is 0.166 e. The summed E-state index contributed by atoms with van der Waals surface area (Å²) in [7, 11) is -0.978. The molecular formula is C15H22N2OS2. The van der Waals surface area contributed by atoms with E-state index in [2.05, 4.69) is 10.6 Å².